The van der Waals surface area contributed by atoms with E-state index in [4.69, 9.17) is 11.1 Å². The Morgan fingerprint density at radius 3 is 2.93 bits per heavy atom. The number of nitrogens with one attached hydrogen (secondary N) is 1. The van der Waals surface area contributed by atoms with Crippen molar-refractivity contribution in [2.75, 3.05) is 5.75 Å². The molecule has 0 aromatic heterocycles. The summed E-state index contributed by atoms with van der Waals surface area (Å²) < 4.78 is 0. The van der Waals surface area contributed by atoms with E-state index < -0.39 is 0 Å². The molecule has 0 fully saturated rings. The van der Waals surface area contributed by atoms with Crippen LogP contribution >= 0.6 is 11.8 Å². The molecule has 3 N–H and O–H groups in total. The van der Waals surface area contributed by atoms with Crippen LogP contribution in [0.5, 0.6) is 0 Å². The third kappa shape index (κ3) is 3.42. The molecule has 2 nitrogen and oxygen atoms in total. The minimum Gasteiger partial charge on any atom is -0.384 e. The monoisotopic (exact) mass is 208 g/mol. The predicted molar refractivity (Wildman–Crippen MR) is 63.9 cm³/mol. The maximum absolute atomic E-state index is 7.32. The molecule has 0 atom stereocenters. The summed E-state index contributed by atoms with van der Waals surface area (Å²) in [6.45, 7) is 2.18. The Morgan fingerprint density at radius 1 is 1.50 bits per heavy atom. The molecule has 0 saturated carbocycles. The van der Waals surface area contributed by atoms with Gasteiger partial charge in [0.05, 0.1) is 0 Å². The van der Waals surface area contributed by atoms with Crippen molar-refractivity contribution in [2.24, 2.45) is 5.73 Å². The zero-order chi connectivity index (χ0) is 10.4. The third-order valence-corrected chi connectivity index (χ3v) is 3.09. The van der Waals surface area contributed by atoms with E-state index in [1.807, 2.05) is 30.0 Å². The summed E-state index contributed by atoms with van der Waals surface area (Å²) >= 11 is 1.92. The van der Waals surface area contributed by atoms with Gasteiger partial charge in [-0.1, -0.05) is 25.1 Å². The molecule has 1 rings (SSSR count). The molecule has 0 amide bonds. The minimum absolute atomic E-state index is 0.146. The maximum Gasteiger partial charge on any atom is 0.122 e. The summed E-state index contributed by atoms with van der Waals surface area (Å²) in [4.78, 5) is 0. The summed E-state index contributed by atoms with van der Waals surface area (Å²) in [7, 11) is 0. The van der Waals surface area contributed by atoms with Gasteiger partial charge < -0.3 is 5.73 Å². The molecule has 0 aliphatic heterocycles. The summed E-state index contributed by atoms with van der Waals surface area (Å²) in [5.41, 5.74) is 7.48. The summed E-state index contributed by atoms with van der Waals surface area (Å²) in [6, 6.07) is 7.90. The molecule has 76 valence electrons. The molecule has 0 aliphatic carbocycles. The van der Waals surface area contributed by atoms with Crippen molar-refractivity contribution in [1.29, 1.82) is 5.41 Å². The van der Waals surface area contributed by atoms with Gasteiger partial charge in [0, 0.05) is 11.3 Å². The van der Waals surface area contributed by atoms with Gasteiger partial charge >= 0.3 is 0 Å². The van der Waals surface area contributed by atoms with Crippen LogP contribution in [-0.2, 0) is 5.75 Å². The number of benzene rings is 1. The molecule has 0 aliphatic rings. The number of nitrogen functional groups attached to an aromatic ring is 1. The average molecular weight is 208 g/mol. The second kappa shape index (κ2) is 5.70. The highest BCUT2D eigenvalue weighted by Gasteiger charge is 1.98. The third-order valence-electron chi connectivity index (χ3n) is 1.86. The van der Waals surface area contributed by atoms with Gasteiger partial charge in [-0.15, -0.1) is 0 Å². The van der Waals surface area contributed by atoms with Crippen LogP contribution in [0.1, 0.15) is 24.5 Å². The van der Waals surface area contributed by atoms with E-state index in [-0.39, 0.29) is 5.84 Å². The van der Waals surface area contributed by atoms with Gasteiger partial charge in [-0.25, -0.2) is 0 Å². The fraction of sp³-hybridized carbons (Fsp3) is 0.364. The second-order valence-corrected chi connectivity index (χ2v) is 4.27. The average Bonchev–Trinajstić information content (AvgIpc) is 2.19. The highest BCUT2D eigenvalue weighted by molar-refractivity contribution is 7.98. The Kier molecular flexibility index (Phi) is 4.53. The first-order valence-electron chi connectivity index (χ1n) is 4.75. The largest absolute Gasteiger partial charge is 0.384 e. The van der Waals surface area contributed by atoms with Crippen LogP contribution in [-0.4, -0.2) is 11.6 Å². The Morgan fingerprint density at radius 2 is 2.29 bits per heavy atom. The van der Waals surface area contributed by atoms with Gasteiger partial charge in [0.1, 0.15) is 5.84 Å². The van der Waals surface area contributed by atoms with Crippen molar-refractivity contribution in [1.82, 2.24) is 0 Å². The normalized spacial score (nSPS) is 10.1. The van der Waals surface area contributed by atoms with Crippen LogP contribution < -0.4 is 5.73 Å². The quantitative estimate of drug-likeness (QED) is 0.444. The maximum atomic E-state index is 7.32. The minimum atomic E-state index is 0.146. The molecule has 0 saturated heterocycles. The molecule has 3 heteroatoms. The van der Waals surface area contributed by atoms with Crippen molar-refractivity contribution in [3.05, 3.63) is 35.4 Å². The highest BCUT2D eigenvalue weighted by Crippen LogP contribution is 2.14. The molecule has 0 spiro atoms. The summed E-state index contributed by atoms with van der Waals surface area (Å²) in [5.74, 6) is 2.34. The van der Waals surface area contributed by atoms with Crippen LogP contribution in [0.2, 0.25) is 0 Å². The van der Waals surface area contributed by atoms with Crippen LogP contribution in [0.25, 0.3) is 0 Å². The SMILES string of the molecule is CCCSCc1cccc(C(=N)N)c1. The Hall–Kier alpha value is -0.960. The molecule has 14 heavy (non-hydrogen) atoms. The van der Waals surface area contributed by atoms with E-state index in [1.165, 1.54) is 17.7 Å². The van der Waals surface area contributed by atoms with Crippen molar-refractivity contribution >= 4 is 17.6 Å². The predicted octanol–water partition coefficient (Wildman–Crippen LogP) is 2.61. The van der Waals surface area contributed by atoms with E-state index in [0.717, 1.165) is 11.3 Å². The first-order chi connectivity index (χ1) is 6.74. The number of hydrogen-bond donors (Lipinski definition) is 2. The van der Waals surface area contributed by atoms with E-state index in [9.17, 15) is 0 Å². The van der Waals surface area contributed by atoms with Crippen molar-refractivity contribution < 1.29 is 0 Å². The Labute approximate surface area is 89.4 Å². The lowest BCUT2D eigenvalue weighted by molar-refractivity contribution is 1.10. The van der Waals surface area contributed by atoms with Crippen LogP contribution in [0, 0.1) is 5.41 Å². The van der Waals surface area contributed by atoms with E-state index >= 15 is 0 Å². The van der Waals surface area contributed by atoms with E-state index in [2.05, 4.69) is 13.0 Å². The lowest BCUT2D eigenvalue weighted by atomic mass is 10.1. The zero-order valence-electron chi connectivity index (χ0n) is 8.42. The van der Waals surface area contributed by atoms with Gasteiger partial charge in [-0.2, -0.15) is 11.8 Å². The van der Waals surface area contributed by atoms with Gasteiger partial charge in [-0.05, 0) is 23.8 Å². The van der Waals surface area contributed by atoms with Gasteiger partial charge in [0.2, 0.25) is 0 Å². The standard InChI is InChI=1S/C11H16N2S/c1-2-6-14-8-9-4-3-5-10(7-9)11(12)13/h3-5,7H,2,6,8H2,1H3,(H3,12,13). The molecular weight excluding hydrogens is 192 g/mol. The molecular formula is C11H16N2S. The van der Waals surface area contributed by atoms with Crippen LogP contribution in [0.3, 0.4) is 0 Å². The molecule has 0 radical (unpaired) electrons. The van der Waals surface area contributed by atoms with Gasteiger partial charge in [0.15, 0.2) is 0 Å². The molecule has 0 bridgehead atoms. The smallest absolute Gasteiger partial charge is 0.122 e. The zero-order valence-corrected chi connectivity index (χ0v) is 9.23. The second-order valence-electron chi connectivity index (χ2n) is 3.17. The van der Waals surface area contributed by atoms with Crippen molar-refractivity contribution in [2.45, 2.75) is 19.1 Å². The topological polar surface area (TPSA) is 49.9 Å². The molecule has 1 aromatic carbocycles. The number of thioether (sulfide) groups is 1. The lowest BCUT2D eigenvalue weighted by Crippen LogP contribution is -2.10. The molecule has 0 heterocycles. The highest BCUT2D eigenvalue weighted by atomic mass is 32.2. The summed E-state index contributed by atoms with van der Waals surface area (Å²) in [6.07, 6.45) is 1.21. The Bertz CT molecular complexity index is 310. The van der Waals surface area contributed by atoms with Crippen LogP contribution in [0.15, 0.2) is 24.3 Å². The first-order valence-corrected chi connectivity index (χ1v) is 5.90. The van der Waals surface area contributed by atoms with Crippen molar-refractivity contribution in [3.63, 3.8) is 0 Å². The van der Waals surface area contributed by atoms with E-state index in [1.54, 1.807) is 0 Å². The van der Waals surface area contributed by atoms with E-state index in [0.29, 0.717) is 0 Å². The fourth-order valence-corrected chi connectivity index (χ4v) is 2.01. The lowest BCUT2D eigenvalue weighted by Gasteiger charge is -2.03. The molecule has 0 unspecified atom stereocenters. The van der Waals surface area contributed by atoms with Crippen molar-refractivity contribution in [3.8, 4) is 0 Å². The first kappa shape index (κ1) is 11.1. The number of hydrogen-bond acceptors (Lipinski definition) is 2. The number of rotatable bonds is 5. The van der Waals surface area contributed by atoms with Crippen LogP contribution in [0.4, 0.5) is 0 Å². The van der Waals surface area contributed by atoms with Gasteiger partial charge in [-0.3, -0.25) is 5.41 Å². The fourth-order valence-electron chi connectivity index (χ4n) is 1.16. The Balaban J connectivity index is 2.59. The molecule has 1 aromatic rings. The number of nitrogens with two attached hydrogens (primary N) is 1. The summed E-state index contributed by atoms with van der Waals surface area (Å²) in [5, 5.41) is 7.32. The number of amidine groups is 1. The van der Waals surface area contributed by atoms with Gasteiger partial charge in [0.25, 0.3) is 0 Å².